The van der Waals surface area contributed by atoms with Gasteiger partial charge in [-0.15, -0.1) is 0 Å². The fourth-order valence-corrected chi connectivity index (χ4v) is 5.52. The van der Waals surface area contributed by atoms with Crippen LogP contribution in [0.5, 0.6) is 11.5 Å². The lowest BCUT2D eigenvalue weighted by Gasteiger charge is -2.30. The van der Waals surface area contributed by atoms with Gasteiger partial charge < -0.3 is 9.64 Å². The van der Waals surface area contributed by atoms with E-state index in [9.17, 15) is 24.5 Å². The van der Waals surface area contributed by atoms with Crippen LogP contribution in [0.25, 0.3) is 10.8 Å². The van der Waals surface area contributed by atoms with Crippen molar-refractivity contribution < 1.29 is 24.0 Å². The predicted molar refractivity (Wildman–Crippen MR) is 165 cm³/mol. The molecule has 0 aromatic heterocycles. The molecule has 0 unspecified atom stereocenters. The molecule has 9 nitrogen and oxygen atoms in total. The van der Waals surface area contributed by atoms with E-state index in [-0.39, 0.29) is 24.3 Å². The summed E-state index contributed by atoms with van der Waals surface area (Å²) in [5, 5.41) is 12.5. The third kappa shape index (κ3) is 5.35. The molecule has 0 radical (unpaired) electrons. The van der Waals surface area contributed by atoms with Crippen molar-refractivity contribution in [1.29, 1.82) is 0 Å². The van der Waals surface area contributed by atoms with E-state index in [1.54, 1.807) is 48.5 Å². The van der Waals surface area contributed by atoms with Crippen molar-refractivity contribution >= 4 is 55.8 Å². The Morgan fingerprint density at radius 3 is 2.12 bits per heavy atom. The number of anilines is 1. The average Bonchev–Trinajstić information content (AvgIpc) is 3.03. The Hall–Kier alpha value is -5.35. The molecule has 0 saturated heterocycles. The second-order valence-corrected chi connectivity index (χ2v) is 10.6. The summed E-state index contributed by atoms with van der Waals surface area (Å²) in [7, 11) is 0. The van der Waals surface area contributed by atoms with E-state index in [4.69, 9.17) is 4.74 Å². The summed E-state index contributed by atoms with van der Waals surface area (Å²) in [5.74, 6) is -0.144. The number of ether oxygens (including phenoxy) is 1. The number of amides is 3. The average molecular weight is 636 g/mol. The highest BCUT2D eigenvalue weighted by Gasteiger charge is 2.34. The molecule has 1 heterocycles. The first kappa shape index (κ1) is 27.8. The Morgan fingerprint density at radius 1 is 0.791 bits per heavy atom. The molecular weight excluding hydrogens is 614 g/mol. The van der Waals surface area contributed by atoms with Crippen LogP contribution < -0.4 is 9.64 Å². The molecule has 0 fully saturated rings. The first-order valence-corrected chi connectivity index (χ1v) is 14.1. The van der Waals surface area contributed by atoms with Crippen LogP contribution in [-0.4, -0.2) is 40.6 Å². The van der Waals surface area contributed by atoms with E-state index in [1.807, 2.05) is 36.4 Å². The minimum Gasteiger partial charge on any atom is -0.457 e. The zero-order valence-electron chi connectivity index (χ0n) is 22.5. The van der Waals surface area contributed by atoms with Crippen LogP contribution in [0.15, 0.2) is 114 Å². The molecule has 5 aromatic carbocycles. The third-order valence-electron chi connectivity index (χ3n) is 7.18. The second kappa shape index (κ2) is 11.5. The predicted octanol–water partition coefficient (Wildman–Crippen LogP) is 7.25. The van der Waals surface area contributed by atoms with Gasteiger partial charge in [-0.05, 0) is 72.1 Å². The lowest BCUT2D eigenvalue weighted by atomic mass is 9.94. The van der Waals surface area contributed by atoms with Crippen LogP contribution in [0.4, 0.5) is 11.4 Å². The van der Waals surface area contributed by atoms with E-state index < -0.39 is 22.6 Å². The van der Waals surface area contributed by atoms with Crippen molar-refractivity contribution in [1.82, 2.24) is 4.90 Å². The Labute approximate surface area is 254 Å². The van der Waals surface area contributed by atoms with Gasteiger partial charge in [-0.2, -0.15) is 0 Å². The molecule has 1 aliphatic heterocycles. The highest BCUT2D eigenvalue weighted by Crippen LogP contribution is 2.34. The van der Waals surface area contributed by atoms with E-state index in [0.29, 0.717) is 33.7 Å². The number of imide groups is 1. The number of nitrogens with zero attached hydrogens (tertiary/aromatic N) is 3. The SMILES string of the molecule is O=C1c2cccc3c(Br)ccc(c23)C(=O)N1CCN(C(=O)c1ccc([N+](=O)[O-])cc1)c1ccc(Oc2ccccc2)cc1. The largest absolute Gasteiger partial charge is 0.457 e. The number of halogens is 1. The van der Waals surface area contributed by atoms with Crippen LogP contribution in [0.3, 0.4) is 0 Å². The Balaban J connectivity index is 1.30. The van der Waals surface area contributed by atoms with Crippen LogP contribution in [0.2, 0.25) is 0 Å². The normalized spacial score (nSPS) is 12.3. The smallest absolute Gasteiger partial charge is 0.269 e. The van der Waals surface area contributed by atoms with Crippen LogP contribution in [0.1, 0.15) is 31.1 Å². The summed E-state index contributed by atoms with van der Waals surface area (Å²) in [4.78, 5) is 54.0. The molecule has 0 N–H and O–H groups in total. The molecule has 212 valence electrons. The van der Waals surface area contributed by atoms with E-state index in [1.165, 1.54) is 29.2 Å². The molecular formula is C33H22BrN3O6. The number of non-ortho nitro benzene ring substituents is 1. The highest BCUT2D eigenvalue weighted by atomic mass is 79.9. The van der Waals surface area contributed by atoms with Gasteiger partial charge in [0.05, 0.1) is 4.92 Å². The summed E-state index contributed by atoms with van der Waals surface area (Å²) >= 11 is 3.50. The van der Waals surface area contributed by atoms with E-state index in [0.717, 1.165) is 14.8 Å². The Bertz CT molecular complexity index is 1870. The van der Waals surface area contributed by atoms with Crippen LogP contribution >= 0.6 is 15.9 Å². The summed E-state index contributed by atoms with van der Waals surface area (Å²) in [6, 6.07) is 30.1. The lowest BCUT2D eigenvalue weighted by molar-refractivity contribution is -0.384. The molecule has 5 aromatic rings. The zero-order chi connectivity index (χ0) is 30.1. The maximum atomic E-state index is 13.8. The molecule has 43 heavy (non-hydrogen) atoms. The minimum atomic E-state index is -0.540. The number of carbonyl (C=O) groups is 3. The lowest BCUT2D eigenvalue weighted by Crippen LogP contribution is -2.46. The van der Waals surface area contributed by atoms with Crippen molar-refractivity contribution in [3.8, 4) is 11.5 Å². The summed E-state index contributed by atoms with van der Waals surface area (Å²) in [6.07, 6.45) is 0. The second-order valence-electron chi connectivity index (χ2n) is 9.75. The van der Waals surface area contributed by atoms with Gasteiger partial charge in [0, 0.05) is 57.5 Å². The molecule has 3 amide bonds. The fourth-order valence-electron chi connectivity index (χ4n) is 5.06. The van der Waals surface area contributed by atoms with Crippen molar-refractivity contribution in [3.05, 3.63) is 140 Å². The van der Waals surface area contributed by atoms with Gasteiger partial charge >= 0.3 is 0 Å². The molecule has 1 aliphatic rings. The standard InChI is InChI=1S/C33H22BrN3O6/c34-29-18-17-28-30-26(29)7-4-8-27(30)32(39)36(33(28)40)20-19-35(31(38)21-9-11-23(12-10-21)37(41)42)22-13-15-25(16-14-22)43-24-5-2-1-3-6-24/h1-18H,19-20H2. The number of hydrogen-bond acceptors (Lipinski definition) is 6. The monoisotopic (exact) mass is 635 g/mol. The number of nitro groups is 1. The molecule has 10 heteroatoms. The number of nitro benzene ring substituents is 1. The molecule has 0 spiro atoms. The van der Waals surface area contributed by atoms with Gasteiger partial charge in [0.2, 0.25) is 0 Å². The number of rotatable bonds is 8. The number of benzene rings is 5. The highest BCUT2D eigenvalue weighted by molar-refractivity contribution is 9.10. The van der Waals surface area contributed by atoms with Crippen LogP contribution in [0, 0.1) is 10.1 Å². The third-order valence-corrected chi connectivity index (χ3v) is 7.87. The first-order valence-electron chi connectivity index (χ1n) is 13.3. The molecule has 0 saturated carbocycles. The first-order chi connectivity index (χ1) is 20.8. The van der Waals surface area contributed by atoms with Gasteiger partial charge in [-0.25, -0.2) is 0 Å². The maximum absolute atomic E-state index is 13.8. The quantitative estimate of drug-likeness (QED) is 0.101. The molecule has 0 bridgehead atoms. The van der Waals surface area contributed by atoms with E-state index in [2.05, 4.69) is 15.9 Å². The minimum absolute atomic E-state index is 0.0198. The Morgan fingerprint density at radius 2 is 1.44 bits per heavy atom. The van der Waals surface area contributed by atoms with Crippen LogP contribution in [-0.2, 0) is 0 Å². The van der Waals surface area contributed by atoms with Gasteiger partial charge in [0.1, 0.15) is 11.5 Å². The van der Waals surface area contributed by atoms with Gasteiger partial charge in [-0.3, -0.25) is 29.4 Å². The fraction of sp³-hybridized carbons (Fsp3) is 0.0606. The van der Waals surface area contributed by atoms with Crippen molar-refractivity contribution in [3.63, 3.8) is 0 Å². The van der Waals surface area contributed by atoms with Crippen molar-refractivity contribution in [2.75, 3.05) is 18.0 Å². The number of para-hydroxylation sites is 1. The molecule has 0 atom stereocenters. The number of hydrogen-bond donors (Lipinski definition) is 0. The summed E-state index contributed by atoms with van der Waals surface area (Å²) in [5.41, 5.74) is 1.38. The summed E-state index contributed by atoms with van der Waals surface area (Å²) < 4.78 is 6.66. The number of carbonyl (C=O) groups excluding carboxylic acids is 3. The maximum Gasteiger partial charge on any atom is 0.269 e. The zero-order valence-corrected chi connectivity index (χ0v) is 24.1. The van der Waals surface area contributed by atoms with Crippen molar-refractivity contribution in [2.24, 2.45) is 0 Å². The van der Waals surface area contributed by atoms with Gasteiger partial charge in [0.25, 0.3) is 23.4 Å². The molecule has 0 aliphatic carbocycles. The Kier molecular flexibility index (Phi) is 7.43. The van der Waals surface area contributed by atoms with Gasteiger partial charge in [-0.1, -0.05) is 46.3 Å². The molecule has 6 rings (SSSR count). The van der Waals surface area contributed by atoms with E-state index >= 15 is 0 Å². The van der Waals surface area contributed by atoms with Crippen molar-refractivity contribution in [2.45, 2.75) is 0 Å². The summed E-state index contributed by atoms with van der Waals surface area (Å²) in [6.45, 7) is -0.0986. The van der Waals surface area contributed by atoms with Gasteiger partial charge in [0.15, 0.2) is 0 Å². The topological polar surface area (TPSA) is 110 Å².